The first-order valence-electron chi connectivity index (χ1n) is 11.9. The second kappa shape index (κ2) is 12.6. The van der Waals surface area contributed by atoms with Gasteiger partial charge in [-0.1, -0.05) is 31.3 Å². The highest BCUT2D eigenvalue weighted by Gasteiger charge is 2.21. The number of nitrogens with zero attached hydrogens (tertiary/aromatic N) is 3. The minimum Gasteiger partial charge on any atom is -0.494 e. The van der Waals surface area contributed by atoms with Crippen LogP contribution in [0.25, 0.3) is 16.3 Å². The molecule has 1 heterocycles. The number of anilines is 1. The molecule has 0 fully saturated rings. The van der Waals surface area contributed by atoms with E-state index in [2.05, 4.69) is 18.7 Å². The van der Waals surface area contributed by atoms with E-state index in [0.29, 0.717) is 34.7 Å². The van der Waals surface area contributed by atoms with Crippen LogP contribution in [-0.4, -0.2) is 70.4 Å². The summed E-state index contributed by atoms with van der Waals surface area (Å²) in [5.41, 5.74) is 2.62. The summed E-state index contributed by atoms with van der Waals surface area (Å²) in [4.78, 5) is 22.4. The molecule has 0 aliphatic heterocycles. The Kier molecular flexibility index (Phi) is 9.55. The summed E-state index contributed by atoms with van der Waals surface area (Å²) in [7, 11) is 6.32. The van der Waals surface area contributed by atoms with Crippen molar-refractivity contribution in [2.45, 2.75) is 20.8 Å². The molecule has 194 valence electrons. The van der Waals surface area contributed by atoms with Crippen LogP contribution < -0.4 is 23.8 Å². The molecule has 0 saturated heterocycles. The Bertz CT molecular complexity index is 1190. The van der Waals surface area contributed by atoms with Crippen molar-refractivity contribution in [2.75, 3.05) is 59.5 Å². The third-order valence-corrected chi connectivity index (χ3v) is 7.26. The lowest BCUT2D eigenvalue weighted by molar-refractivity contribution is -0.114. The number of ether oxygens (including phenoxy) is 4. The van der Waals surface area contributed by atoms with Crippen LogP contribution in [0, 0.1) is 6.92 Å². The van der Waals surface area contributed by atoms with Crippen molar-refractivity contribution in [3.63, 3.8) is 0 Å². The fraction of sp³-hybridized carbons (Fsp3) is 0.407. The number of amides is 1. The maximum atomic E-state index is 13.5. The van der Waals surface area contributed by atoms with E-state index in [4.69, 9.17) is 23.9 Å². The van der Waals surface area contributed by atoms with Gasteiger partial charge in [-0.3, -0.25) is 9.69 Å². The van der Waals surface area contributed by atoms with E-state index in [1.54, 1.807) is 57.6 Å². The number of aromatic nitrogens is 1. The highest BCUT2D eigenvalue weighted by atomic mass is 32.1. The Hall–Kier alpha value is -3.30. The van der Waals surface area contributed by atoms with E-state index in [1.807, 2.05) is 19.1 Å². The number of carbonyl (C=O) groups excluding carboxylic acids is 1. The van der Waals surface area contributed by atoms with Crippen LogP contribution in [0.5, 0.6) is 23.0 Å². The lowest BCUT2D eigenvalue weighted by Gasteiger charge is -2.23. The molecule has 0 aliphatic carbocycles. The molecule has 3 aromatic rings. The summed E-state index contributed by atoms with van der Waals surface area (Å²) in [5.74, 6) is 2.09. The maximum absolute atomic E-state index is 13.5. The van der Waals surface area contributed by atoms with Crippen LogP contribution in [0.4, 0.5) is 5.13 Å². The first kappa shape index (κ1) is 27.3. The van der Waals surface area contributed by atoms with Crippen LogP contribution in [0.15, 0.2) is 30.3 Å². The van der Waals surface area contributed by atoms with Crippen molar-refractivity contribution in [1.29, 1.82) is 0 Å². The lowest BCUT2D eigenvalue weighted by atomic mass is 10.1. The second-order valence-corrected chi connectivity index (χ2v) is 9.05. The number of carbonyl (C=O) groups is 1. The molecule has 1 aromatic heterocycles. The lowest BCUT2D eigenvalue weighted by Crippen LogP contribution is -2.38. The van der Waals surface area contributed by atoms with Gasteiger partial charge in [-0.15, -0.1) is 0 Å². The Labute approximate surface area is 217 Å². The summed E-state index contributed by atoms with van der Waals surface area (Å²) in [5, 5.41) is 0.643. The maximum Gasteiger partial charge on any atom is 0.252 e. The number of likely N-dealkylation sites (N-methyl/N-ethyl adjacent to an activating group) is 1. The number of thiazole rings is 1. The first-order valence-corrected chi connectivity index (χ1v) is 12.7. The van der Waals surface area contributed by atoms with Crippen molar-refractivity contribution in [3.8, 4) is 23.0 Å². The molecule has 0 aliphatic rings. The van der Waals surface area contributed by atoms with Gasteiger partial charge in [0.25, 0.3) is 5.91 Å². The van der Waals surface area contributed by atoms with Gasteiger partial charge in [0, 0.05) is 19.2 Å². The van der Waals surface area contributed by atoms with Gasteiger partial charge in [-0.25, -0.2) is 4.98 Å². The molecule has 9 heteroatoms. The first-order chi connectivity index (χ1) is 17.4. The molecule has 36 heavy (non-hydrogen) atoms. The average Bonchev–Trinajstić information content (AvgIpc) is 3.35. The number of hydrogen-bond donors (Lipinski definition) is 0. The molecule has 1 amide bonds. The predicted octanol–water partition coefficient (Wildman–Crippen LogP) is 5.03. The molecule has 0 saturated carbocycles. The third kappa shape index (κ3) is 5.91. The smallest absolute Gasteiger partial charge is 0.252 e. The van der Waals surface area contributed by atoms with Gasteiger partial charge in [0.2, 0.25) is 5.75 Å². The Morgan fingerprint density at radius 3 is 2.14 bits per heavy atom. The number of fused-ring (bicyclic) bond motifs is 1. The van der Waals surface area contributed by atoms with Crippen molar-refractivity contribution in [2.24, 2.45) is 0 Å². The zero-order chi connectivity index (χ0) is 26.2. The average molecular weight is 514 g/mol. The molecule has 2 aromatic carbocycles. The summed E-state index contributed by atoms with van der Waals surface area (Å²) in [6.45, 7) is 9.34. The Balaban J connectivity index is 1.98. The molecule has 0 atom stereocenters. The molecule has 0 radical (unpaired) electrons. The second-order valence-electron chi connectivity index (χ2n) is 8.07. The Morgan fingerprint density at radius 1 is 0.944 bits per heavy atom. The quantitative estimate of drug-likeness (QED) is 0.315. The topological polar surface area (TPSA) is 73.4 Å². The fourth-order valence-corrected chi connectivity index (χ4v) is 5.00. The molecule has 8 nitrogen and oxygen atoms in total. The fourth-order valence-electron chi connectivity index (χ4n) is 3.92. The summed E-state index contributed by atoms with van der Waals surface area (Å²) in [6, 6.07) is 7.53. The van der Waals surface area contributed by atoms with E-state index >= 15 is 0 Å². The molecule has 0 N–H and O–H groups in total. The van der Waals surface area contributed by atoms with Crippen LogP contribution in [0.3, 0.4) is 0 Å². The normalized spacial score (nSPS) is 11.3. The largest absolute Gasteiger partial charge is 0.494 e. The van der Waals surface area contributed by atoms with E-state index < -0.39 is 0 Å². The minimum atomic E-state index is -0.161. The van der Waals surface area contributed by atoms with E-state index in [0.717, 1.165) is 41.0 Å². The van der Waals surface area contributed by atoms with Gasteiger partial charge >= 0.3 is 0 Å². The molecular weight excluding hydrogens is 478 g/mol. The molecular formula is C27H35N3O5S. The van der Waals surface area contributed by atoms with Crippen molar-refractivity contribution in [3.05, 3.63) is 41.5 Å². The highest BCUT2D eigenvalue weighted by molar-refractivity contribution is 7.22. The molecule has 0 bridgehead atoms. The molecule has 0 spiro atoms. The summed E-state index contributed by atoms with van der Waals surface area (Å²) >= 11 is 1.50. The van der Waals surface area contributed by atoms with Crippen molar-refractivity contribution >= 4 is 38.7 Å². The minimum absolute atomic E-state index is 0.161. The van der Waals surface area contributed by atoms with Crippen molar-refractivity contribution < 1.29 is 23.7 Å². The van der Waals surface area contributed by atoms with Crippen molar-refractivity contribution in [1.82, 2.24) is 9.88 Å². The monoisotopic (exact) mass is 513 g/mol. The van der Waals surface area contributed by atoms with Crippen LogP contribution >= 0.6 is 11.3 Å². The zero-order valence-corrected chi connectivity index (χ0v) is 22.9. The van der Waals surface area contributed by atoms with E-state index in [9.17, 15) is 4.79 Å². The molecule has 0 unspecified atom stereocenters. The third-order valence-electron chi connectivity index (χ3n) is 6.05. The summed E-state index contributed by atoms with van der Waals surface area (Å²) in [6.07, 6.45) is 3.30. The van der Waals surface area contributed by atoms with Gasteiger partial charge in [0.1, 0.15) is 11.3 Å². The number of benzene rings is 2. The van der Waals surface area contributed by atoms with Crippen LogP contribution in [-0.2, 0) is 4.79 Å². The highest BCUT2D eigenvalue weighted by Crippen LogP contribution is 2.39. The summed E-state index contributed by atoms with van der Waals surface area (Å²) < 4.78 is 22.8. The van der Waals surface area contributed by atoms with Gasteiger partial charge in [0.15, 0.2) is 16.6 Å². The van der Waals surface area contributed by atoms with Crippen LogP contribution in [0.1, 0.15) is 25.0 Å². The number of aryl methyl sites for hydroxylation is 1. The number of rotatable bonds is 12. The van der Waals surface area contributed by atoms with Gasteiger partial charge in [-0.2, -0.15) is 0 Å². The molecule has 3 rings (SSSR count). The van der Waals surface area contributed by atoms with E-state index in [-0.39, 0.29) is 5.91 Å². The van der Waals surface area contributed by atoms with Crippen LogP contribution in [0.2, 0.25) is 0 Å². The van der Waals surface area contributed by atoms with Gasteiger partial charge < -0.3 is 23.8 Å². The van der Waals surface area contributed by atoms with E-state index in [1.165, 1.54) is 11.3 Å². The SMILES string of the molecule is CCN(CC)CCN(C(=O)/C=C/c1cc(OC)c(OC)c(OC)c1)c1nc2c(OC)ccc(C)c2s1. The Morgan fingerprint density at radius 2 is 1.58 bits per heavy atom. The standard InChI is InChI=1S/C27H35N3O5S/c1-8-29(9-2)14-15-30(27-28-24-20(32-4)12-10-18(3)26(24)36-27)23(31)13-11-19-16-21(33-5)25(35-7)22(17-19)34-6/h10-13,16-17H,8-9,14-15H2,1-7H3/b13-11+. The predicted molar refractivity (Wildman–Crippen MR) is 146 cm³/mol. The van der Waals surface area contributed by atoms with Gasteiger partial charge in [-0.05, 0) is 55.4 Å². The van der Waals surface area contributed by atoms with Gasteiger partial charge in [0.05, 0.1) is 33.1 Å². The zero-order valence-electron chi connectivity index (χ0n) is 22.1. The number of hydrogen-bond acceptors (Lipinski definition) is 8. The number of methoxy groups -OCH3 is 4.